The number of nitrogens with one attached hydrogen (secondary N) is 1. The first-order valence-corrected chi connectivity index (χ1v) is 6.32. The van der Waals surface area contributed by atoms with E-state index in [1.807, 2.05) is 7.05 Å². The number of benzene rings is 1. The van der Waals surface area contributed by atoms with Crippen molar-refractivity contribution in [2.24, 2.45) is 0 Å². The van der Waals surface area contributed by atoms with Gasteiger partial charge in [0.15, 0.2) is 0 Å². The van der Waals surface area contributed by atoms with Crippen molar-refractivity contribution >= 4 is 34.2 Å². The van der Waals surface area contributed by atoms with E-state index in [1.165, 1.54) is 6.07 Å². The lowest BCUT2D eigenvalue weighted by Gasteiger charge is -2.16. The topological polar surface area (TPSA) is 32.3 Å². The molecule has 1 aromatic carbocycles. The summed E-state index contributed by atoms with van der Waals surface area (Å²) < 4.78 is 13.7. The van der Waals surface area contributed by atoms with Crippen LogP contribution in [0.3, 0.4) is 0 Å². The molecule has 1 saturated heterocycles. The number of likely N-dealkylation sites (N-methyl/N-ethyl adjacent to an activating group) is 1. The maximum absolute atomic E-state index is 13.3. The van der Waals surface area contributed by atoms with E-state index < -0.39 is 5.82 Å². The normalized spacial score (nSPS) is 18.6. The zero-order valence-corrected chi connectivity index (χ0v) is 12.4. The summed E-state index contributed by atoms with van der Waals surface area (Å²) in [6.07, 6.45) is 0.946. The number of halogens is 3. The molecule has 0 saturated carbocycles. The van der Waals surface area contributed by atoms with E-state index in [2.05, 4.69) is 21.2 Å². The molecule has 0 aliphatic carbocycles. The van der Waals surface area contributed by atoms with Crippen molar-refractivity contribution in [2.45, 2.75) is 12.5 Å². The van der Waals surface area contributed by atoms with Gasteiger partial charge in [-0.1, -0.05) is 0 Å². The largest absolute Gasteiger partial charge is 0.337 e. The Labute approximate surface area is 120 Å². The average molecular weight is 338 g/mol. The highest BCUT2D eigenvalue weighted by atomic mass is 79.9. The predicted octanol–water partition coefficient (Wildman–Crippen LogP) is 2.44. The van der Waals surface area contributed by atoms with Gasteiger partial charge in [0.2, 0.25) is 0 Å². The Balaban J connectivity index is 0.00000162. The summed E-state index contributed by atoms with van der Waals surface area (Å²) in [6.45, 7) is 1.41. The molecule has 3 nitrogen and oxygen atoms in total. The summed E-state index contributed by atoms with van der Waals surface area (Å²) >= 11 is 3.07. The van der Waals surface area contributed by atoms with Crippen LogP contribution in [0, 0.1) is 5.82 Å². The van der Waals surface area contributed by atoms with Crippen LogP contribution < -0.4 is 5.32 Å². The molecule has 1 unspecified atom stereocenters. The van der Waals surface area contributed by atoms with Crippen LogP contribution in [0.5, 0.6) is 0 Å². The number of nitrogens with zero attached hydrogens (tertiary/aromatic N) is 1. The van der Waals surface area contributed by atoms with Crippen molar-refractivity contribution < 1.29 is 9.18 Å². The van der Waals surface area contributed by atoms with Gasteiger partial charge in [-0.2, -0.15) is 0 Å². The summed E-state index contributed by atoms with van der Waals surface area (Å²) in [5.41, 5.74) is 0.405. The van der Waals surface area contributed by atoms with Crippen LogP contribution in [0.4, 0.5) is 4.39 Å². The Hall–Kier alpha value is -0.650. The van der Waals surface area contributed by atoms with Crippen LogP contribution >= 0.6 is 28.3 Å². The first-order valence-electron chi connectivity index (χ1n) is 5.53. The van der Waals surface area contributed by atoms with Crippen LogP contribution in [0.1, 0.15) is 16.8 Å². The Morgan fingerprint density at radius 2 is 2.28 bits per heavy atom. The highest BCUT2D eigenvalue weighted by molar-refractivity contribution is 9.10. The first kappa shape index (κ1) is 15.4. The van der Waals surface area contributed by atoms with Gasteiger partial charge in [0.1, 0.15) is 5.82 Å². The first-order chi connectivity index (χ1) is 8.11. The Kier molecular flexibility index (Phi) is 5.56. The van der Waals surface area contributed by atoms with E-state index >= 15 is 0 Å². The molecule has 1 aliphatic heterocycles. The highest BCUT2D eigenvalue weighted by Gasteiger charge is 2.26. The second-order valence-electron chi connectivity index (χ2n) is 4.15. The summed E-state index contributed by atoms with van der Waals surface area (Å²) in [7, 11) is 1.89. The number of hydrogen-bond acceptors (Lipinski definition) is 2. The molecule has 0 bridgehead atoms. The van der Waals surface area contributed by atoms with Gasteiger partial charge in [-0.05, 0) is 47.6 Å². The Morgan fingerprint density at radius 3 is 2.83 bits per heavy atom. The third-order valence-corrected chi connectivity index (χ3v) is 3.69. The molecule has 0 radical (unpaired) electrons. The molecular weight excluding hydrogens is 322 g/mol. The number of carbonyl (C=O) groups excluding carboxylic acids is 1. The van der Waals surface area contributed by atoms with Gasteiger partial charge < -0.3 is 10.2 Å². The van der Waals surface area contributed by atoms with Gasteiger partial charge in [0.25, 0.3) is 5.91 Å². The van der Waals surface area contributed by atoms with E-state index in [1.54, 1.807) is 17.0 Å². The number of likely N-dealkylation sites (tertiary alicyclic amines) is 1. The predicted molar refractivity (Wildman–Crippen MR) is 74.7 cm³/mol. The van der Waals surface area contributed by atoms with E-state index in [9.17, 15) is 9.18 Å². The van der Waals surface area contributed by atoms with Crippen LogP contribution in [0.2, 0.25) is 0 Å². The summed E-state index contributed by atoms with van der Waals surface area (Å²) in [4.78, 5) is 13.8. The van der Waals surface area contributed by atoms with Crippen LogP contribution in [0.25, 0.3) is 0 Å². The van der Waals surface area contributed by atoms with E-state index in [-0.39, 0.29) is 18.3 Å². The van der Waals surface area contributed by atoms with Crippen molar-refractivity contribution in [2.75, 3.05) is 20.1 Å². The van der Waals surface area contributed by atoms with Crippen LogP contribution in [-0.4, -0.2) is 37.0 Å². The lowest BCUT2D eigenvalue weighted by Crippen LogP contribution is -2.33. The Bertz CT molecular complexity index is 444. The third kappa shape index (κ3) is 3.22. The molecule has 1 fully saturated rings. The van der Waals surface area contributed by atoms with Gasteiger partial charge in [-0.25, -0.2) is 4.39 Å². The average Bonchev–Trinajstić information content (AvgIpc) is 2.80. The molecule has 1 amide bonds. The van der Waals surface area contributed by atoms with E-state index in [0.717, 1.165) is 13.0 Å². The fraction of sp³-hybridized carbons (Fsp3) is 0.417. The summed E-state index contributed by atoms with van der Waals surface area (Å²) in [5.74, 6) is -0.505. The van der Waals surface area contributed by atoms with Crippen molar-refractivity contribution in [3.05, 3.63) is 34.1 Å². The van der Waals surface area contributed by atoms with Gasteiger partial charge in [-0.3, -0.25) is 4.79 Å². The van der Waals surface area contributed by atoms with E-state index in [0.29, 0.717) is 22.6 Å². The number of hydrogen-bond donors (Lipinski definition) is 1. The second kappa shape index (κ2) is 6.50. The maximum Gasteiger partial charge on any atom is 0.254 e. The summed E-state index contributed by atoms with van der Waals surface area (Å²) in [5, 5.41) is 3.15. The van der Waals surface area contributed by atoms with Gasteiger partial charge >= 0.3 is 0 Å². The molecule has 1 heterocycles. The number of rotatable bonds is 2. The molecule has 100 valence electrons. The summed E-state index contributed by atoms with van der Waals surface area (Å²) in [6, 6.07) is 4.83. The number of carbonyl (C=O) groups is 1. The smallest absolute Gasteiger partial charge is 0.254 e. The van der Waals surface area contributed by atoms with Crippen molar-refractivity contribution in [3.63, 3.8) is 0 Å². The minimum Gasteiger partial charge on any atom is -0.337 e. The molecule has 2 rings (SSSR count). The van der Waals surface area contributed by atoms with E-state index in [4.69, 9.17) is 0 Å². The quantitative estimate of drug-likeness (QED) is 0.899. The van der Waals surface area contributed by atoms with Crippen molar-refractivity contribution in [1.82, 2.24) is 10.2 Å². The third-order valence-electron chi connectivity index (χ3n) is 3.05. The molecule has 0 spiro atoms. The molecule has 6 heteroatoms. The number of amides is 1. The maximum atomic E-state index is 13.3. The van der Waals surface area contributed by atoms with Crippen LogP contribution in [0.15, 0.2) is 22.7 Å². The molecule has 1 aromatic rings. The molecule has 1 N–H and O–H groups in total. The fourth-order valence-corrected chi connectivity index (χ4v) is 2.24. The van der Waals surface area contributed by atoms with Gasteiger partial charge in [0.05, 0.1) is 4.47 Å². The molecule has 0 aromatic heterocycles. The molecular formula is C12H15BrClFN2O. The lowest BCUT2D eigenvalue weighted by atomic mass is 10.2. The second-order valence-corrected chi connectivity index (χ2v) is 5.01. The minimum atomic E-state index is -0.403. The minimum absolute atomic E-state index is 0. The van der Waals surface area contributed by atoms with Crippen molar-refractivity contribution in [3.8, 4) is 0 Å². The highest BCUT2D eigenvalue weighted by Crippen LogP contribution is 2.19. The zero-order chi connectivity index (χ0) is 12.4. The molecule has 18 heavy (non-hydrogen) atoms. The lowest BCUT2D eigenvalue weighted by molar-refractivity contribution is 0.0789. The fourth-order valence-electron chi connectivity index (χ4n) is 1.99. The van der Waals surface area contributed by atoms with Crippen molar-refractivity contribution in [1.29, 1.82) is 0 Å². The standard InChI is InChI=1S/C12H14BrFN2O.ClH/c1-15-9-4-5-16(7-9)12(17)8-2-3-10(13)11(14)6-8;/h2-3,6,9,15H,4-5,7H2,1H3;1H. The Morgan fingerprint density at radius 1 is 1.56 bits per heavy atom. The molecule has 1 aliphatic rings. The molecule has 1 atom stereocenters. The van der Waals surface area contributed by atoms with Crippen LogP contribution in [-0.2, 0) is 0 Å². The SMILES string of the molecule is CNC1CCN(C(=O)c2ccc(Br)c(F)c2)C1.Cl. The van der Waals surface area contributed by atoms with Gasteiger partial charge in [-0.15, -0.1) is 12.4 Å². The van der Waals surface area contributed by atoms with Gasteiger partial charge in [0, 0.05) is 24.7 Å². The monoisotopic (exact) mass is 336 g/mol. The zero-order valence-electron chi connectivity index (χ0n) is 9.95.